The lowest BCUT2D eigenvalue weighted by Crippen LogP contribution is -2.45. The van der Waals surface area contributed by atoms with Gasteiger partial charge in [-0.25, -0.2) is 0 Å². The van der Waals surface area contributed by atoms with Gasteiger partial charge in [-0.15, -0.1) is 0 Å². The molecule has 2 atom stereocenters. The van der Waals surface area contributed by atoms with Crippen molar-refractivity contribution in [1.29, 1.82) is 0 Å². The van der Waals surface area contributed by atoms with Crippen molar-refractivity contribution >= 4 is 17.5 Å². The third kappa shape index (κ3) is 3.62. The number of hydrogen-bond acceptors (Lipinski definition) is 6. The van der Waals surface area contributed by atoms with Crippen LogP contribution in [-0.2, 0) is 9.59 Å². The monoisotopic (exact) mass is 344 g/mol. The van der Waals surface area contributed by atoms with Crippen LogP contribution >= 0.6 is 0 Å². The molecule has 0 unspecified atom stereocenters. The molecule has 8 heteroatoms. The molecular weight excluding hydrogens is 324 g/mol. The number of benzene rings is 1. The minimum Gasteiger partial charge on any atom is -0.479 e. The Morgan fingerprint density at radius 3 is 2.88 bits per heavy atom. The Hall–Kier alpha value is -2.90. The van der Waals surface area contributed by atoms with Crippen molar-refractivity contribution in [3.63, 3.8) is 0 Å². The number of amides is 2. The molecule has 0 radical (unpaired) electrons. The van der Waals surface area contributed by atoms with Crippen LogP contribution in [0.2, 0.25) is 0 Å². The maximum Gasteiger partial charge on any atom is 0.267 e. The first kappa shape index (κ1) is 16.9. The van der Waals surface area contributed by atoms with Crippen LogP contribution in [-0.4, -0.2) is 34.6 Å². The number of carbonyl (C=O) groups is 2. The fourth-order valence-corrected chi connectivity index (χ4v) is 2.67. The summed E-state index contributed by atoms with van der Waals surface area (Å²) in [5.41, 5.74) is 0.680. The molecule has 0 fully saturated rings. The highest BCUT2D eigenvalue weighted by Crippen LogP contribution is 2.33. The number of fused-ring (bicyclic) bond motifs is 1. The van der Waals surface area contributed by atoms with Gasteiger partial charge in [-0.3, -0.25) is 9.59 Å². The lowest BCUT2D eigenvalue weighted by molar-refractivity contribution is -0.125. The Balaban J connectivity index is 1.62. The first-order chi connectivity index (χ1) is 12.0. The summed E-state index contributed by atoms with van der Waals surface area (Å²) < 4.78 is 10.6. The molecule has 0 spiro atoms. The summed E-state index contributed by atoms with van der Waals surface area (Å²) in [5.74, 6) is 1.15. The van der Waals surface area contributed by atoms with E-state index in [9.17, 15) is 9.59 Å². The minimum absolute atomic E-state index is 0.157. The fraction of sp³-hybridized carbons (Fsp3) is 0.412. The standard InChI is InChI=1S/C17H20N4O4/c1-10(16-19-12(3)20-25-16)18-15(22)8-9-21-13-6-4-5-7-14(13)24-11(2)17(21)23/h4-7,10-11H,8-9H2,1-3H3,(H,18,22)/t10-,11+/m1/s1. The lowest BCUT2D eigenvalue weighted by Gasteiger charge is -2.32. The summed E-state index contributed by atoms with van der Waals surface area (Å²) in [6, 6.07) is 6.91. The Morgan fingerprint density at radius 1 is 1.40 bits per heavy atom. The van der Waals surface area contributed by atoms with Crippen LogP contribution in [0.5, 0.6) is 5.75 Å². The van der Waals surface area contributed by atoms with Gasteiger partial charge in [0.2, 0.25) is 11.8 Å². The van der Waals surface area contributed by atoms with Crippen molar-refractivity contribution in [2.24, 2.45) is 0 Å². The van der Waals surface area contributed by atoms with Crippen LogP contribution in [0, 0.1) is 6.92 Å². The highest BCUT2D eigenvalue weighted by Gasteiger charge is 2.31. The molecule has 0 saturated heterocycles. The van der Waals surface area contributed by atoms with Gasteiger partial charge in [0.05, 0.1) is 5.69 Å². The van der Waals surface area contributed by atoms with Crippen LogP contribution in [0.4, 0.5) is 5.69 Å². The van der Waals surface area contributed by atoms with E-state index < -0.39 is 6.10 Å². The van der Waals surface area contributed by atoms with Gasteiger partial charge in [-0.1, -0.05) is 17.3 Å². The molecule has 2 aromatic rings. The molecule has 0 saturated carbocycles. The third-order valence-corrected chi connectivity index (χ3v) is 3.93. The third-order valence-electron chi connectivity index (χ3n) is 3.93. The number of rotatable bonds is 5. The quantitative estimate of drug-likeness (QED) is 0.887. The zero-order valence-electron chi connectivity index (χ0n) is 14.4. The van der Waals surface area contributed by atoms with Crippen LogP contribution in [0.1, 0.15) is 38.0 Å². The average Bonchev–Trinajstić information content (AvgIpc) is 3.02. The molecule has 1 aromatic carbocycles. The van der Waals surface area contributed by atoms with Gasteiger partial charge in [0.25, 0.3) is 5.91 Å². The predicted octanol–water partition coefficient (Wildman–Crippen LogP) is 1.76. The summed E-state index contributed by atoms with van der Waals surface area (Å²) in [6.45, 7) is 5.45. The van der Waals surface area contributed by atoms with Crippen LogP contribution in [0.25, 0.3) is 0 Å². The molecule has 0 aliphatic carbocycles. The van der Waals surface area contributed by atoms with E-state index in [2.05, 4.69) is 15.5 Å². The number of anilines is 1. The van der Waals surface area contributed by atoms with Gasteiger partial charge in [-0.2, -0.15) is 4.98 Å². The molecule has 132 valence electrons. The summed E-state index contributed by atoms with van der Waals surface area (Å²) in [4.78, 5) is 30.3. The minimum atomic E-state index is -0.571. The first-order valence-electron chi connectivity index (χ1n) is 8.12. The van der Waals surface area contributed by atoms with Crippen molar-refractivity contribution < 1.29 is 18.8 Å². The number of nitrogens with one attached hydrogen (secondary N) is 1. The number of aromatic nitrogens is 2. The van der Waals surface area contributed by atoms with Gasteiger partial charge >= 0.3 is 0 Å². The van der Waals surface area contributed by atoms with Crippen molar-refractivity contribution in [3.05, 3.63) is 36.0 Å². The zero-order chi connectivity index (χ0) is 18.0. The predicted molar refractivity (Wildman–Crippen MR) is 89.1 cm³/mol. The molecule has 1 aliphatic heterocycles. The lowest BCUT2D eigenvalue weighted by atomic mass is 10.1. The molecule has 2 amide bonds. The molecule has 1 aliphatic rings. The number of ether oxygens (including phenoxy) is 1. The van der Waals surface area contributed by atoms with Crippen LogP contribution in [0.15, 0.2) is 28.8 Å². The molecule has 0 bridgehead atoms. The molecule has 8 nitrogen and oxygen atoms in total. The van der Waals surface area contributed by atoms with Gasteiger partial charge < -0.3 is 19.5 Å². The second kappa shape index (κ2) is 6.92. The normalized spacial score (nSPS) is 17.6. The van der Waals surface area contributed by atoms with Crippen molar-refractivity contribution in [1.82, 2.24) is 15.5 Å². The number of aryl methyl sites for hydroxylation is 1. The van der Waals surface area contributed by atoms with E-state index in [1.165, 1.54) is 0 Å². The molecule has 3 rings (SSSR count). The number of hydrogen-bond donors (Lipinski definition) is 1. The van der Waals surface area contributed by atoms with Crippen molar-refractivity contribution in [2.45, 2.75) is 39.3 Å². The number of carbonyl (C=O) groups excluding carboxylic acids is 2. The second-order valence-electron chi connectivity index (χ2n) is 5.94. The Kier molecular flexibility index (Phi) is 4.69. The number of para-hydroxylation sites is 2. The fourth-order valence-electron chi connectivity index (χ4n) is 2.67. The largest absolute Gasteiger partial charge is 0.479 e. The maximum absolute atomic E-state index is 12.4. The molecule has 1 aromatic heterocycles. The summed E-state index contributed by atoms with van der Waals surface area (Å²) in [6.07, 6.45) is -0.414. The Morgan fingerprint density at radius 2 is 2.16 bits per heavy atom. The van der Waals surface area contributed by atoms with Gasteiger partial charge in [-0.05, 0) is 32.9 Å². The van der Waals surface area contributed by atoms with Crippen LogP contribution in [0.3, 0.4) is 0 Å². The van der Waals surface area contributed by atoms with E-state index >= 15 is 0 Å². The van der Waals surface area contributed by atoms with Gasteiger partial charge in [0.15, 0.2) is 11.9 Å². The smallest absolute Gasteiger partial charge is 0.267 e. The van der Waals surface area contributed by atoms with E-state index in [0.29, 0.717) is 23.2 Å². The molecule has 1 N–H and O–H groups in total. The average molecular weight is 344 g/mol. The second-order valence-corrected chi connectivity index (χ2v) is 5.94. The maximum atomic E-state index is 12.4. The number of nitrogens with zero attached hydrogens (tertiary/aromatic N) is 3. The molecule has 2 heterocycles. The van der Waals surface area contributed by atoms with Crippen molar-refractivity contribution in [3.8, 4) is 5.75 Å². The molecule has 25 heavy (non-hydrogen) atoms. The highest BCUT2D eigenvalue weighted by atomic mass is 16.5. The SMILES string of the molecule is Cc1noc([C@@H](C)NC(=O)CCN2C(=O)[C@H](C)Oc3ccccc32)n1. The van der Waals surface area contributed by atoms with Crippen molar-refractivity contribution in [2.75, 3.05) is 11.4 Å². The first-order valence-corrected chi connectivity index (χ1v) is 8.12. The Labute approximate surface area is 145 Å². The van der Waals surface area contributed by atoms with E-state index in [1.54, 1.807) is 31.7 Å². The summed E-state index contributed by atoms with van der Waals surface area (Å²) in [7, 11) is 0. The van der Waals surface area contributed by atoms with E-state index in [4.69, 9.17) is 9.26 Å². The van der Waals surface area contributed by atoms with Gasteiger partial charge in [0, 0.05) is 13.0 Å². The Bertz CT molecular complexity index is 788. The molecular formula is C17H20N4O4. The zero-order valence-corrected chi connectivity index (χ0v) is 14.4. The highest BCUT2D eigenvalue weighted by molar-refractivity contribution is 6.00. The summed E-state index contributed by atoms with van der Waals surface area (Å²) >= 11 is 0. The topological polar surface area (TPSA) is 97.6 Å². The van der Waals surface area contributed by atoms with E-state index in [-0.39, 0.29) is 30.8 Å². The van der Waals surface area contributed by atoms with E-state index in [1.807, 2.05) is 18.2 Å². The summed E-state index contributed by atoms with van der Waals surface area (Å²) in [5, 5.41) is 6.50. The van der Waals surface area contributed by atoms with Gasteiger partial charge in [0.1, 0.15) is 11.8 Å². The van der Waals surface area contributed by atoms with E-state index in [0.717, 1.165) is 0 Å². The van der Waals surface area contributed by atoms with Crippen LogP contribution < -0.4 is 15.0 Å².